The van der Waals surface area contributed by atoms with Crippen molar-refractivity contribution in [2.24, 2.45) is 0 Å². The monoisotopic (exact) mass is 604 g/mol. The number of imidazole rings is 1. The number of H-pyrrole nitrogens is 2. The van der Waals surface area contributed by atoms with Gasteiger partial charge in [-0.25, -0.2) is 13.8 Å². The van der Waals surface area contributed by atoms with Gasteiger partial charge in [-0.05, 0) is 49.6 Å². The summed E-state index contributed by atoms with van der Waals surface area (Å²) in [5.74, 6) is -4.75. The van der Waals surface area contributed by atoms with Crippen molar-refractivity contribution in [2.75, 3.05) is 13.7 Å². The maximum absolute atomic E-state index is 15.2. The normalized spacial score (nSPS) is 15.9. The van der Waals surface area contributed by atoms with Crippen molar-refractivity contribution in [1.29, 1.82) is 0 Å². The Bertz CT molecular complexity index is 1930. The van der Waals surface area contributed by atoms with Gasteiger partial charge in [-0.3, -0.25) is 9.59 Å². The van der Waals surface area contributed by atoms with Crippen LogP contribution >= 0.6 is 0 Å². The highest BCUT2D eigenvalue weighted by molar-refractivity contribution is 6.09. The average Bonchev–Trinajstić information content (AvgIpc) is 3.71. The number of amides is 1. The van der Waals surface area contributed by atoms with Crippen LogP contribution in [0.1, 0.15) is 46.9 Å². The minimum Gasteiger partial charge on any atom is -0.493 e. The lowest BCUT2D eigenvalue weighted by Gasteiger charge is -2.36. The fourth-order valence-corrected chi connectivity index (χ4v) is 5.65. The number of aromatic amines is 2. The summed E-state index contributed by atoms with van der Waals surface area (Å²) in [6, 6.07) is 10.7. The van der Waals surface area contributed by atoms with Gasteiger partial charge in [-0.1, -0.05) is 18.2 Å². The van der Waals surface area contributed by atoms with Crippen molar-refractivity contribution in [3.63, 3.8) is 0 Å². The molecule has 0 radical (unpaired) electrons. The first-order valence-electron chi connectivity index (χ1n) is 13.8. The van der Waals surface area contributed by atoms with Gasteiger partial charge in [0.25, 0.3) is 5.91 Å². The van der Waals surface area contributed by atoms with Crippen molar-refractivity contribution in [2.45, 2.75) is 31.6 Å². The number of carboxylic acid groups (broad SMARTS) is 1. The molecule has 0 bridgehead atoms. The summed E-state index contributed by atoms with van der Waals surface area (Å²) in [7, 11) is 1.35. The van der Waals surface area contributed by atoms with Crippen LogP contribution in [0.4, 0.5) is 13.2 Å². The molecular weight excluding hydrogens is 577 g/mol. The zero-order valence-electron chi connectivity index (χ0n) is 23.7. The first-order chi connectivity index (χ1) is 21.1. The number of rotatable bonds is 8. The number of halogens is 3. The van der Waals surface area contributed by atoms with E-state index in [0.717, 1.165) is 17.2 Å². The van der Waals surface area contributed by atoms with E-state index < -0.39 is 40.5 Å². The van der Waals surface area contributed by atoms with Gasteiger partial charge in [-0.15, -0.1) is 0 Å². The molecule has 3 heterocycles. The van der Waals surface area contributed by atoms with E-state index in [-0.39, 0.29) is 40.0 Å². The molecule has 226 valence electrons. The number of nitrogens with zero attached hydrogens (tertiary/aromatic N) is 1. The highest BCUT2D eigenvalue weighted by Crippen LogP contribution is 2.45. The minimum absolute atomic E-state index is 0.00457. The number of aryl methyl sites for hydroxylation is 1. The number of para-hydroxylation sites is 1. The Morgan fingerprint density at radius 3 is 2.75 bits per heavy atom. The third kappa shape index (κ3) is 4.81. The molecule has 12 heteroatoms. The molecule has 0 aliphatic carbocycles. The van der Waals surface area contributed by atoms with Crippen LogP contribution in [-0.2, 0) is 16.6 Å². The predicted octanol–water partition coefficient (Wildman–Crippen LogP) is 6.23. The summed E-state index contributed by atoms with van der Waals surface area (Å²) < 4.78 is 56.9. The van der Waals surface area contributed by atoms with Crippen molar-refractivity contribution in [1.82, 2.24) is 20.3 Å². The fourth-order valence-electron chi connectivity index (χ4n) is 5.65. The molecule has 0 fully saturated rings. The minimum atomic E-state index is -1.38. The Morgan fingerprint density at radius 2 is 1.98 bits per heavy atom. The smallest absolute Gasteiger partial charge is 0.303 e. The lowest BCUT2D eigenvalue weighted by molar-refractivity contribution is -0.136. The van der Waals surface area contributed by atoms with E-state index in [1.165, 1.54) is 31.4 Å². The molecule has 5 aromatic rings. The van der Waals surface area contributed by atoms with Crippen LogP contribution in [0.3, 0.4) is 0 Å². The van der Waals surface area contributed by atoms with Gasteiger partial charge < -0.3 is 29.9 Å². The van der Waals surface area contributed by atoms with Crippen LogP contribution < -0.4 is 14.8 Å². The van der Waals surface area contributed by atoms with Crippen LogP contribution in [0, 0.1) is 17.5 Å². The summed E-state index contributed by atoms with van der Waals surface area (Å²) in [6.07, 6.45) is 3.82. The van der Waals surface area contributed by atoms with E-state index in [2.05, 4.69) is 20.3 Å². The van der Waals surface area contributed by atoms with Crippen LogP contribution in [0.15, 0.2) is 54.9 Å². The van der Waals surface area contributed by atoms with Gasteiger partial charge in [0.2, 0.25) is 5.82 Å². The first-order valence-corrected chi connectivity index (χ1v) is 13.8. The van der Waals surface area contributed by atoms with E-state index >= 15 is 8.78 Å². The molecule has 1 atom stereocenters. The fraction of sp³-hybridized carbons (Fsp3) is 0.219. The third-order valence-electron chi connectivity index (χ3n) is 8.04. The second kappa shape index (κ2) is 11.1. The average molecular weight is 605 g/mol. The zero-order chi connectivity index (χ0) is 31.2. The highest BCUT2D eigenvalue weighted by atomic mass is 19.2. The van der Waals surface area contributed by atoms with Gasteiger partial charge in [0.1, 0.15) is 23.1 Å². The second-order valence-electron chi connectivity index (χ2n) is 10.7. The number of ether oxygens (including phenoxy) is 2. The maximum Gasteiger partial charge on any atom is 0.303 e. The van der Waals surface area contributed by atoms with E-state index in [1.807, 2.05) is 25.1 Å². The Morgan fingerprint density at radius 1 is 1.16 bits per heavy atom. The number of fused-ring (bicyclic) bond motifs is 2. The summed E-state index contributed by atoms with van der Waals surface area (Å²) in [6.45, 7) is 2.37. The molecule has 2 aromatic heterocycles. The SMILES string of the molecule is CNC(=O)c1c(Oc2ccc(F)c(-c3ncc(C4(C)CCOc5c(CCC(=O)O)cccc54)[nH]3)c2)c(F)c(F)c2[nH]ccc12. The van der Waals surface area contributed by atoms with E-state index in [4.69, 9.17) is 14.6 Å². The van der Waals surface area contributed by atoms with Crippen molar-refractivity contribution >= 4 is 22.8 Å². The molecule has 0 saturated carbocycles. The molecule has 9 nitrogen and oxygen atoms in total. The van der Waals surface area contributed by atoms with E-state index in [1.54, 1.807) is 6.20 Å². The quantitative estimate of drug-likeness (QED) is 0.166. The van der Waals surface area contributed by atoms with E-state index in [0.29, 0.717) is 30.9 Å². The Kier molecular flexibility index (Phi) is 7.28. The molecule has 44 heavy (non-hydrogen) atoms. The maximum atomic E-state index is 15.2. The number of aromatic nitrogens is 3. The molecular formula is C32H27F3N4O5. The number of nitrogens with one attached hydrogen (secondary N) is 3. The number of hydrogen-bond donors (Lipinski definition) is 4. The number of hydrogen-bond acceptors (Lipinski definition) is 5. The number of carboxylic acids is 1. The summed E-state index contributed by atoms with van der Waals surface area (Å²) in [5, 5.41) is 11.7. The molecule has 1 aliphatic heterocycles. The van der Waals surface area contributed by atoms with Gasteiger partial charge in [0.05, 0.1) is 23.3 Å². The van der Waals surface area contributed by atoms with Crippen LogP contribution in [-0.4, -0.2) is 45.6 Å². The summed E-state index contributed by atoms with van der Waals surface area (Å²) in [4.78, 5) is 34.1. The number of benzene rings is 3. The highest BCUT2D eigenvalue weighted by Gasteiger charge is 2.38. The predicted molar refractivity (Wildman–Crippen MR) is 155 cm³/mol. The summed E-state index contributed by atoms with van der Waals surface area (Å²) in [5.41, 5.74) is 1.28. The van der Waals surface area contributed by atoms with E-state index in [9.17, 15) is 14.0 Å². The molecule has 4 N–H and O–H groups in total. The van der Waals surface area contributed by atoms with Crippen molar-refractivity contribution in [3.05, 3.63) is 94.7 Å². The standard InChI is InChI=1S/C32H27F3N4O5/c1-32(11-13-43-28-16(6-9-23(40)41)4-3-5-20(28)32)22-15-38-30(39-22)19-14-17(7-8-21(19)33)44-29-24(31(42)36-2)18-10-12-37-27(18)25(34)26(29)35/h3-5,7-8,10,12,14-15,37H,6,9,11,13H2,1-2H3,(H,36,42)(H,38,39)(H,40,41). The molecule has 1 aliphatic rings. The molecule has 0 saturated heterocycles. The first kappa shape index (κ1) is 28.8. The van der Waals surface area contributed by atoms with Gasteiger partial charge >= 0.3 is 5.97 Å². The Balaban J connectivity index is 1.37. The van der Waals surface area contributed by atoms with Gasteiger partial charge in [0, 0.05) is 47.9 Å². The van der Waals surface area contributed by atoms with Crippen molar-refractivity contribution < 1.29 is 37.3 Å². The van der Waals surface area contributed by atoms with Crippen LogP contribution in [0.2, 0.25) is 0 Å². The van der Waals surface area contributed by atoms with Gasteiger partial charge in [-0.2, -0.15) is 4.39 Å². The van der Waals surface area contributed by atoms with Crippen molar-refractivity contribution in [3.8, 4) is 28.6 Å². The third-order valence-corrected chi connectivity index (χ3v) is 8.04. The van der Waals surface area contributed by atoms with Crippen LogP contribution in [0.25, 0.3) is 22.3 Å². The molecule has 0 spiro atoms. The number of carbonyl (C=O) groups excluding carboxylic acids is 1. The summed E-state index contributed by atoms with van der Waals surface area (Å²) >= 11 is 0. The Hall–Kier alpha value is -5.26. The van der Waals surface area contributed by atoms with Gasteiger partial charge in [0.15, 0.2) is 11.6 Å². The largest absolute Gasteiger partial charge is 0.493 e. The molecule has 6 rings (SSSR count). The number of carbonyl (C=O) groups is 2. The molecule has 1 amide bonds. The molecule has 3 aromatic carbocycles. The lowest BCUT2D eigenvalue weighted by Crippen LogP contribution is -2.32. The second-order valence-corrected chi connectivity index (χ2v) is 10.7. The lowest BCUT2D eigenvalue weighted by atomic mass is 9.74. The van der Waals surface area contributed by atoms with Crippen LogP contribution in [0.5, 0.6) is 17.2 Å². The Labute approximate surface area is 249 Å². The number of aliphatic carboxylic acids is 1. The molecule has 1 unspecified atom stereocenters. The topological polar surface area (TPSA) is 129 Å². The zero-order valence-corrected chi connectivity index (χ0v) is 23.7.